The molecule has 200 valence electrons. The van der Waals surface area contributed by atoms with Gasteiger partial charge in [0.15, 0.2) is 5.82 Å². The number of halogens is 1. The van der Waals surface area contributed by atoms with Crippen molar-refractivity contribution in [2.24, 2.45) is 5.41 Å². The maximum Gasteiger partial charge on any atom is 0.156 e. The topological polar surface area (TPSA) is 71.0 Å². The highest BCUT2D eigenvalue weighted by Crippen LogP contribution is 2.38. The summed E-state index contributed by atoms with van der Waals surface area (Å²) < 4.78 is 14.3. The van der Waals surface area contributed by atoms with Crippen molar-refractivity contribution >= 4 is 5.71 Å². The lowest BCUT2D eigenvalue weighted by Gasteiger charge is -2.58. The fourth-order valence-corrected chi connectivity index (χ4v) is 5.83. The number of nitrogens with zero attached hydrogens (tertiary/aromatic N) is 3. The molecule has 1 aromatic heterocycles. The van der Waals surface area contributed by atoms with E-state index in [2.05, 4.69) is 33.6 Å². The molecule has 6 rings (SSSR count). The Morgan fingerprint density at radius 3 is 2.42 bits per heavy atom. The summed E-state index contributed by atoms with van der Waals surface area (Å²) in [5.41, 5.74) is 8.40. The third-order valence-corrected chi connectivity index (χ3v) is 8.15. The Morgan fingerprint density at radius 2 is 1.82 bits per heavy atom. The van der Waals surface area contributed by atoms with Crippen LogP contribution in [0.2, 0.25) is 0 Å². The van der Waals surface area contributed by atoms with Gasteiger partial charge in [0.1, 0.15) is 11.5 Å². The Balaban J connectivity index is 0.00000144. The van der Waals surface area contributed by atoms with Crippen LogP contribution in [0, 0.1) is 30.5 Å². The first-order chi connectivity index (χ1) is 18.3. The van der Waals surface area contributed by atoms with E-state index in [-0.39, 0.29) is 5.82 Å². The van der Waals surface area contributed by atoms with Crippen molar-refractivity contribution in [3.05, 3.63) is 88.0 Å². The van der Waals surface area contributed by atoms with Gasteiger partial charge < -0.3 is 20.1 Å². The molecule has 0 amide bonds. The molecule has 0 unspecified atom stereocenters. The number of likely N-dealkylation sites (tertiary alicyclic amines) is 1. The first kappa shape index (κ1) is 26.2. The number of nitrogens with one attached hydrogen (secondary N) is 3. The summed E-state index contributed by atoms with van der Waals surface area (Å²) in [5, 5.41) is 12.2. The summed E-state index contributed by atoms with van der Waals surface area (Å²) in [6, 6.07) is 9.56. The quantitative estimate of drug-likeness (QED) is 0.378. The van der Waals surface area contributed by atoms with Gasteiger partial charge in [0.2, 0.25) is 0 Å². The average Bonchev–Trinajstić information content (AvgIpc) is 3.44. The standard InChI is InChI=1S/C29H33FN6.C2H6/c1-5-20-9-18(3)24(30)10-23(20)21-6-7-22(17(2)8-21)27(31)28-33-25-11-35(12-26(25)34-28)19(4)36-15-29(16-36)13-32-14-29;1-2/h6-10,31-32H,4-5,11-16H2,1-3H3,(H,33,34);1-2H3. The minimum atomic E-state index is -0.188. The Labute approximate surface area is 225 Å². The minimum Gasteiger partial charge on any atom is -0.357 e. The molecule has 0 aliphatic carbocycles. The van der Waals surface area contributed by atoms with Crippen molar-refractivity contribution in [3.8, 4) is 11.1 Å². The van der Waals surface area contributed by atoms with Crippen LogP contribution in [0.1, 0.15) is 60.2 Å². The number of rotatable bonds is 6. The highest BCUT2D eigenvalue weighted by atomic mass is 19.1. The van der Waals surface area contributed by atoms with Gasteiger partial charge in [-0.3, -0.25) is 5.41 Å². The van der Waals surface area contributed by atoms with Crippen molar-refractivity contribution in [2.45, 2.75) is 54.1 Å². The molecule has 0 radical (unpaired) electrons. The fourth-order valence-electron chi connectivity index (χ4n) is 5.83. The van der Waals surface area contributed by atoms with Crippen molar-refractivity contribution in [1.29, 1.82) is 5.41 Å². The number of aromatic amines is 1. The Kier molecular flexibility index (Phi) is 6.90. The molecule has 3 aromatic rings. The lowest BCUT2D eigenvalue weighted by molar-refractivity contribution is -0.0353. The zero-order chi connectivity index (χ0) is 27.2. The van der Waals surface area contributed by atoms with Gasteiger partial charge in [0.25, 0.3) is 0 Å². The molecule has 0 saturated carbocycles. The van der Waals surface area contributed by atoms with Crippen LogP contribution < -0.4 is 5.32 Å². The van der Waals surface area contributed by atoms with E-state index in [4.69, 9.17) is 10.4 Å². The van der Waals surface area contributed by atoms with Crippen LogP contribution in [-0.2, 0) is 19.5 Å². The molecule has 4 heterocycles. The van der Waals surface area contributed by atoms with Crippen molar-refractivity contribution in [3.63, 3.8) is 0 Å². The molecule has 38 heavy (non-hydrogen) atoms. The van der Waals surface area contributed by atoms with Crippen LogP contribution in [0.3, 0.4) is 0 Å². The van der Waals surface area contributed by atoms with Gasteiger partial charge in [-0.2, -0.15) is 0 Å². The van der Waals surface area contributed by atoms with Crippen LogP contribution in [0.15, 0.2) is 42.7 Å². The SMILES string of the molecule is C=C(N1Cc2nc(C(=N)c3ccc(-c4cc(F)c(C)cc4CC)cc3C)[nH]c2C1)N1CC2(CNC2)C1.CC. The molecule has 0 bridgehead atoms. The van der Waals surface area contributed by atoms with Crippen molar-refractivity contribution < 1.29 is 4.39 Å². The van der Waals surface area contributed by atoms with Crippen LogP contribution in [-0.4, -0.2) is 51.7 Å². The number of H-pyrrole nitrogens is 1. The van der Waals surface area contributed by atoms with E-state index in [1.54, 1.807) is 13.0 Å². The number of benzene rings is 2. The summed E-state index contributed by atoms with van der Waals surface area (Å²) >= 11 is 0. The number of fused-ring (bicyclic) bond motifs is 1. The first-order valence-electron chi connectivity index (χ1n) is 13.7. The molecule has 1 spiro atoms. The Morgan fingerprint density at radius 1 is 1.08 bits per heavy atom. The zero-order valence-electron chi connectivity index (χ0n) is 23.3. The first-order valence-corrected chi connectivity index (χ1v) is 13.7. The summed E-state index contributed by atoms with van der Waals surface area (Å²) in [6.45, 7) is 20.1. The van der Waals surface area contributed by atoms with E-state index in [1.165, 1.54) is 0 Å². The number of hydrogen-bond donors (Lipinski definition) is 3. The second-order valence-electron chi connectivity index (χ2n) is 10.8. The van der Waals surface area contributed by atoms with Crippen molar-refractivity contribution in [1.82, 2.24) is 25.1 Å². The van der Waals surface area contributed by atoms with Crippen LogP contribution >= 0.6 is 0 Å². The molecule has 3 aliphatic rings. The van der Waals surface area contributed by atoms with Gasteiger partial charge in [0.05, 0.1) is 30.3 Å². The van der Waals surface area contributed by atoms with Crippen LogP contribution in [0.25, 0.3) is 11.1 Å². The second-order valence-corrected chi connectivity index (χ2v) is 10.8. The van der Waals surface area contributed by atoms with Crippen LogP contribution in [0.4, 0.5) is 4.39 Å². The predicted octanol–water partition coefficient (Wildman–Crippen LogP) is 5.53. The van der Waals surface area contributed by atoms with E-state index in [0.29, 0.717) is 22.5 Å². The zero-order valence-corrected chi connectivity index (χ0v) is 23.3. The summed E-state index contributed by atoms with van der Waals surface area (Å²) in [4.78, 5) is 12.8. The Hall–Kier alpha value is -3.45. The van der Waals surface area contributed by atoms with Gasteiger partial charge >= 0.3 is 0 Å². The maximum absolute atomic E-state index is 14.3. The van der Waals surface area contributed by atoms with Gasteiger partial charge in [-0.1, -0.05) is 51.6 Å². The van der Waals surface area contributed by atoms with E-state index >= 15 is 0 Å². The number of hydrogen-bond acceptors (Lipinski definition) is 5. The molecule has 2 saturated heterocycles. The number of aromatic nitrogens is 2. The molecular weight excluding hydrogens is 475 g/mol. The average molecular weight is 515 g/mol. The number of aryl methyl sites for hydroxylation is 3. The minimum absolute atomic E-state index is 0.188. The predicted molar refractivity (Wildman–Crippen MR) is 152 cm³/mol. The van der Waals surface area contributed by atoms with Crippen molar-refractivity contribution in [2.75, 3.05) is 26.2 Å². The fraction of sp³-hybridized carbons (Fsp3) is 0.419. The second kappa shape index (κ2) is 10.0. The third-order valence-electron chi connectivity index (χ3n) is 8.15. The molecular formula is C31H39FN6. The summed E-state index contributed by atoms with van der Waals surface area (Å²) in [6.07, 6.45) is 0.838. The molecule has 3 N–H and O–H groups in total. The Bertz CT molecular complexity index is 1370. The van der Waals surface area contributed by atoms with Gasteiger partial charge in [0, 0.05) is 37.2 Å². The molecule has 6 nitrogen and oxygen atoms in total. The highest BCUT2D eigenvalue weighted by molar-refractivity contribution is 6.09. The summed E-state index contributed by atoms with van der Waals surface area (Å²) in [5.74, 6) is 1.48. The highest BCUT2D eigenvalue weighted by Gasteiger charge is 2.48. The smallest absolute Gasteiger partial charge is 0.156 e. The normalized spacial score (nSPS) is 16.9. The molecule has 3 aliphatic heterocycles. The molecule has 7 heteroatoms. The molecule has 0 atom stereocenters. The molecule has 2 aromatic carbocycles. The monoisotopic (exact) mass is 514 g/mol. The van der Waals surface area contributed by atoms with E-state index in [0.717, 1.165) is 90.7 Å². The lowest BCUT2D eigenvalue weighted by atomic mass is 9.74. The summed E-state index contributed by atoms with van der Waals surface area (Å²) in [7, 11) is 0. The molecule has 2 fully saturated rings. The van der Waals surface area contributed by atoms with E-state index < -0.39 is 0 Å². The van der Waals surface area contributed by atoms with E-state index in [1.807, 2.05) is 45.0 Å². The lowest BCUT2D eigenvalue weighted by Crippen LogP contribution is -2.71. The maximum atomic E-state index is 14.3. The van der Waals surface area contributed by atoms with Gasteiger partial charge in [-0.25, -0.2) is 9.37 Å². The van der Waals surface area contributed by atoms with Crippen LogP contribution in [0.5, 0.6) is 0 Å². The van der Waals surface area contributed by atoms with E-state index in [9.17, 15) is 4.39 Å². The number of imidazole rings is 1. The van der Waals surface area contributed by atoms with Gasteiger partial charge in [-0.05, 0) is 54.2 Å². The van der Waals surface area contributed by atoms with Gasteiger partial charge in [-0.15, -0.1) is 0 Å². The largest absolute Gasteiger partial charge is 0.357 e. The third kappa shape index (κ3) is 4.43.